The van der Waals surface area contributed by atoms with Crippen LogP contribution in [0.5, 0.6) is 5.75 Å². The van der Waals surface area contributed by atoms with Gasteiger partial charge in [0.2, 0.25) is 0 Å². The van der Waals surface area contributed by atoms with Crippen LogP contribution in [0, 0.1) is 0 Å². The summed E-state index contributed by atoms with van der Waals surface area (Å²) in [4.78, 5) is 0. The molecule has 0 aliphatic heterocycles. The Morgan fingerprint density at radius 3 is 2.26 bits per heavy atom. The largest absolute Gasteiger partial charge is 0.491 e. The topological polar surface area (TPSA) is 44.5 Å². The molecule has 0 aliphatic rings. The molecule has 2 N–H and O–H groups in total. The number of anilines is 1. The molecule has 0 radical (unpaired) electrons. The Morgan fingerprint density at radius 1 is 0.842 bits per heavy atom. The third-order valence-corrected chi connectivity index (χ3v) is 3.02. The van der Waals surface area contributed by atoms with Gasteiger partial charge in [-0.15, -0.1) is 0 Å². The summed E-state index contributed by atoms with van der Waals surface area (Å²) in [6, 6.07) is 7.44. The number of hydrogen-bond donors (Lipinski definition) is 1. The Hall–Kier alpha value is -1.22. The second-order valence-corrected chi connectivity index (χ2v) is 4.80. The Kier molecular flexibility index (Phi) is 8.90. The van der Waals surface area contributed by atoms with Crippen molar-refractivity contribution in [1.29, 1.82) is 0 Å². The minimum absolute atomic E-state index is 0.597. The molecule has 108 valence electrons. The Bertz CT molecular complexity index is 311. The first kappa shape index (κ1) is 15.8. The number of nitrogens with two attached hydrogens (primary N) is 1. The molecule has 0 unspecified atom stereocenters. The van der Waals surface area contributed by atoms with E-state index < -0.39 is 0 Å². The molecule has 1 rings (SSSR count). The quantitative estimate of drug-likeness (QED) is 0.485. The maximum atomic E-state index is 5.60. The van der Waals surface area contributed by atoms with Crippen LogP contribution < -0.4 is 10.5 Å². The molecule has 0 heterocycles. The van der Waals surface area contributed by atoms with Crippen molar-refractivity contribution >= 4 is 5.69 Å². The number of ether oxygens (including phenoxy) is 2. The van der Waals surface area contributed by atoms with E-state index in [4.69, 9.17) is 15.2 Å². The van der Waals surface area contributed by atoms with Crippen molar-refractivity contribution in [3.05, 3.63) is 24.3 Å². The van der Waals surface area contributed by atoms with Gasteiger partial charge in [0.1, 0.15) is 12.4 Å². The van der Waals surface area contributed by atoms with Gasteiger partial charge in [-0.3, -0.25) is 0 Å². The SMILES string of the molecule is CCCCCCCCOCCOc1ccc(N)cc1. The van der Waals surface area contributed by atoms with Crippen LogP contribution in [0.1, 0.15) is 45.4 Å². The van der Waals surface area contributed by atoms with Gasteiger partial charge in [-0.2, -0.15) is 0 Å². The molecule has 0 fully saturated rings. The zero-order valence-corrected chi connectivity index (χ0v) is 12.1. The van der Waals surface area contributed by atoms with Crippen LogP contribution in [0.3, 0.4) is 0 Å². The van der Waals surface area contributed by atoms with E-state index >= 15 is 0 Å². The summed E-state index contributed by atoms with van der Waals surface area (Å²) in [5, 5.41) is 0. The number of unbranched alkanes of at least 4 members (excludes halogenated alkanes) is 5. The summed E-state index contributed by atoms with van der Waals surface area (Å²) in [6.07, 6.45) is 7.79. The lowest BCUT2D eigenvalue weighted by molar-refractivity contribution is 0.0971. The van der Waals surface area contributed by atoms with Crippen LogP contribution in [0.2, 0.25) is 0 Å². The predicted molar refractivity (Wildman–Crippen MR) is 80.5 cm³/mol. The van der Waals surface area contributed by atoms with Crippen molar-refractivity contribution in [2.24, 2.45) is 0 Å². The van der Waals surface area contributed by atoms with Gasteiger partial charge in [0, 0.05) is 12.3 Å². The smallest absolute Gasteiger partial charge is 0.119 e. The van der Waals surface area contributed by atoms with E-state index in [2.05, 4.69) is 6.92 Å². The van der Waals surface area contributed by atoms with Crippen molar-refractivity contribution < 1.29 is 9.47 Å². The number of rotatable bonds is 11. The number of hydrogen-bond acceptors (Lipinski definition) is 3. The lowest BCUT2D eigenvalue weighted by Crippen LogP contribution is -2.07. The van der Waals surface area contributed by atoms with Gasteiger partial charge >= 0.3 is 0 Å². The molecule has 0 aromatic heterocycles. The van der Waals surface area contributed by atoms with E-state index in [-0.39, 0.29) is 0 Å². The molecule has 3 heteroatoms. The molecule has 19 heavy (non-hydrogen) atoms. The Balaban J connectivity index is 1.87. The van der Waals surface area contributed by atoms with Gasteiger partial charge in [-0.25, -0.2) is 0 Å². The van der Waals surface area contributed by atoms with Crippen molar-refractivity contribution in [1.82, 2.24) is 0 Å². The molecule has 1 aromatic rings. The summed E-state index contributed by atoms with van der Waals surface area (Å²) in [5.41, 5.74) is 6.36. The van der Waals surface area contributed by atoms with Crippen LogP contribution in [0.15, 0.2) is 24.3 Å². The van der Waals surface area contributed by atoms with E-state index in [9.17, 15) is 0 Å². The van der Waals surface area contributed by atoms with E-state index in [0.29, 0.717) is 13.2 Å². The number of nitrogen functional groups attached to an aromatic ring is 1. The second-order valence-electron chi connectivity index (χ2n) is 4.80. The second kappa shape index (κ2) is 10.7. The average molecular weight is 265 g/mol. The molecular formula is C16H27NO2. The van der Waals surface area contributed by atoms with Crippen LogP contribution >= 0.6 is 0 Å². The zero-order chi connectivity index (χ0) is 13.8. The molecule has 0 saturated carbocycles. The van der Waals surface area contributed by atoms with Crippen LogP contribution in [-0.2, 0) is 4.74 Å². The van der Waals surface area contributed by atoms with Gasteiger partial charge in [0.15, 0.2) is 0 Å². The van der Waals surface area contributed by atoms with Gasteiger partial charge in [-0.1, -0.05) is 39.0 Å². The molecule has 1 aromatic carbocycles. The molecule has 3 nitrogen and oxygen atoms in total. The van der Waals surface area contributed by atoms with E-state index in [1.54, 1.807) is 0 Å². The Morgan fingerprint density at radius 2 is 1.53 bits per heavy atom. The molecule has 0 bridgehead atoms. The van der Waals surface area contributed by atoms with Gasteiger partial charge in [0.05, 0.1) is 6.61 Å². The van der Waals surface area contributed by atoms with E-state index in [0.717, 1.165) is 24.5 Å². The Labute approximate surface area is 117 Å². The average Bonchev–Trinajstić information content (AvgIpc) is 2.43. The summed E-state index contributed by atoms with van der Waals surface area (Å²) < 4.78 is 11.1. The minimum atomic E-state index is 0.597. The zero-order valence-electron chi connectivity index (χ0n) is 12.1. The first-order chi connectivity index (χ1) is 9.33. The lowest BCUT2D eigenvalue weighted by atomic mass is 10.1. The summed E-state index contributed by atoms with van der Waals surface area (Å²) in [6.45, 7) is 4.33. The van der Waals surface area contributed by atoms with E-state index in [1.807, 2.05) is 24.3 Å². The van der Waals surface area contributed by atoms with Crippen molar-refractivity contribution in [2.75, 3.05) is 25.6 Å². The third kappa shape index (κ3) is 8.49. The van der Waals surface area contributed by atoms with Crippen molar-refractivity contribution in [3.8, 4) is 5.75 Å². The van der Waals surface area contributed by atoms with Crippen LogP contribution in [-0.4, -0.2) is 19.8 Å². The molecule has 0 spiro atoms. The highest BCUT2D eigenvalue weighted by molar-refractivity contribution is 5.41. The van der Waals surface area contributed by atoms with Crippen molar-refractivity contribution in [3.63, 3.8) is 0 Å². The third-order valence-electron chi connectivity index (χ3n) is 3.02. The molecular weight excluding hydrogens is 238 g/mol. The van der Waals surface area contributed by atoms with Gasteiger partial charge < -0.3 is 15.2 Å². The van der Waals surface area contributed by atoms with Gasteiger partial charge in [0.25, 0.3) is 0 Å². The monoisotopic (exact) mass is 265 g/mol. The normalized spacial score (nSPS) is 10.6. The summed E-state index contributed by atoms with van der Waals surface area (Å²) in [7, 11) is 0. The fourth-order valence-electron chi connectivity index (χ4n) is 1.87. The number of benzene rings is 1. The molecule has 0 saturated heterocycles. The van der Waals surface area contributed by atoms with Gasteiger partial charge in [-0.05, 0) is 30.7 Å². The fourth-order valence-corrected chi connectivity index (χ4v) is 1.87. The van der Waals surface area contributed by atoms with Crippen LogP contribution in [0.25, 0.3) is 0 Å². The summed E-state index contributed by atoms with van der Waals surface area (Å²) >= 11 is 0. The summed E-state index contributed by atoms with van der Waals surface area (Å²) in [5.74, 6) is 0.845. The van der Waals surface area contributed by atoms with Crippen molar-refractivity contribution in [2.45, 2.75) is 45.4 Å². The standard InChI is InChI=1S/C16H27NO2/c1-2-3-4-5-6-7-12-18-13-14-19-16-10-8-15(17)9-11-16/h8-11H,2-7,12-14,17H2,1H3. The fraction of sp³-hybridized carbons (Fsp3) is 0.625. The first-order valence-corrected chi connectivity index (χ1v) is 7.39. The maximum Gasteiger partial charge on any atom is 0.119 e. The predicted octanol–water partition coefficient (Wildman–Crippen LogP) is 4.02. The highest BCUT2D eigenvalue weighted by Gasteiger charge is 1.94. The molecule has 0 amide bonds. The lowest BCUT2D eigenvalue weighted by Gasteiger charge is -2.07. The molecule has 0 aliphatic carbocycles. The van der Waals surface area contributed by atoms with Crippen LogP contribution in [0.4, 0.5) is 5.69 Å². The maximum absolute atomic E-state index is 5.60. The molecule has 0 atom stereocenters. The first-order valence-electron chi connectivity index (χ1n) is 7.39. The van der Waals surface area contributed by atoms with E-state index in [1.165, 1.54) is 32.1 Å². The highest BCUT2D eigenvalue weighted by atomic mass is 16.5. The minimum Gasteiger partial charge on any atom is -0.491 e. The highest BCUT2D eigenvalue weighted by Crippen LogP contribution is 2.12.